The topological polar surface area (TPSA) is 69.6 Å². The Hall–Kier alpha value is -0.710. The largest absolute Gasteiger partial charge is 0.348 e. The van der Waals surface area contributed by atoms with E-state index < -0.39 is 28.8 Å². The average molecular weight is 395 g/mol. The van der Waals surface area contributed by atoms with Gasteiger partial charge in [0.2, 0.25) is 5.06 Å². The van der Waals surface area contributed by atoms with Gasteiger partial charge < -0.3 is 28.9 Å². The number of benzene rings is 1. The summed E-state index contributed by atoms with van der Waals surface area (Å²) in [4.78, 5) is 1.07. The molecule has 0 saturated carbocycles. The van der Waals surface area contributed by atoms with Crippen molar-refractivity contribution in [1.82, 2.24) is 5.06 Å². The molecule has 1 aromatic rings. The Labute approximate surface area is 162 Å². The van der Waals surface area contributed by atoms with E-state index >= 15 is 0 Å². The quantitative estimate of drug-likeness (QED) is 0.778. The highest BCUT2D eigenvalue weighted by atomic mass is 32.2. The van der Waals surface area contributed by atoms with Gasteiger partial charge in [0.15, 0.2) is 11.6 Å². The molecule has 5 atom stereocenters. The molecule has 4 heterocycles. The second kappa shape index (κ2) is 5.90. The molecule has 8 heteroatoms. The molecule has 0 aromatic heterocycles. The molecule has 0 bridgehead atoms. The molecule has 7 nitrogen and oxygen atoms in total. The van der Waals surface area contributed by atoms with E-state index in [1.165, 1.54) is 16.8 Å². The fourth-order valence-electron chi connectivity index (χ4n) is 4.31. The number of ether oxygens (including phenoxy) is 5. The fourth-order valence-corrected chi connectivity index (χ4v) is 5.66. The zero-order valence-electron chi connectivity index (χ0n) is 15.9. The number of rotatable bonds is 1. The molecule has 0 aliphatic carbocycles. The first kappa shape index (κ1) is 18.3. The highest BCUT2D eigenvalue weighted by molar-refractivity contribution is 8.00. The van der Waals surface area contributed by atoms with Crippen LogP contribution in [-0.2, 0) is 30.2 Å². The van der Waals surface area contributed by atoms with Crippen LogP contribution < -0.4 is 0 Å². The molecule has 3 saturated heterocycles. The van der Waals surface area contributed by atoms with Crippen molar-refractivity contribution in [3.8, 4) is 0 Å². The predicted molar refractivity (Wildman–Crippen MR) is 96.0 cm³/mol. The summed E-state index contributed by atoms with van der Waals surface area (Å²) < 4.78 is 30.7. The minimum absolute atomic E-state index is 0.296. The van der Waals surface area contributed by atoms with Gasteiger partial charge in [-0.05, 0) is 39.3 Å². The molecule has 5 rings (SSSR count). The maximum Gasteiger partial charge on any atom is 0.226 e. The predicted octanol–water partition coefficient (Wildman–Crippen LogP) is 2.71. The Kier molecular flexibility index (Phi) is 4.00. The first-order valence-corrected chi connectivity index (χ1v) is 10.1. The molecule has 0 radical (unpaired) electrons. The smallest absolute Gasteiger partial charge is 0.226 e. The molecule has 148 valence electrons. The number of thioether (sulfide) groups is 1. The Morgan fingerprint density at radius 2 is 1.78 bits per heavy atom. The van der Waals surface area contributed by atoms with Crippen LogP contribution in [0.5, 0.6) is 0 Å². The van der Waals surface area contributed by atoms with Crippen molar-refractivity contribution in [1.29, 1.82) is 0 Å². The molecule has 4 aliphatic rings. The van der Waals surface area contributed by atoms with E-state index in [-0.39, 0.29) is 12.2 Å². The molecule has 1 aromatic carbocycles. The minimum Gasteiger partial charge on any atom is -0.348 e. The molecular weight excluding hydrogens is 370 g/mol. The molecule has 4 aliphatic heterocycles. The van der Waals surface area contributed by atoms with Crippen LogP contribution in [0.15, 0.2) is 29.2 Å². The van der Waals surface area contributed by atoms with Crippen LogP contribution >= 0.6 is 11.8 Å². The maximum absolute atomic E-state index is 11.0. The van der Waals surface area contributed by atoms with E-state index in [9.17, 15) is 5.21 Å². The van der Waals surface area contributed by atoms with Crippen molar-refractivity contribution in [2.24, 2.45) is 0 Å². The lowest BCUT2D eigenvalue weighted by Crippen LogP contribution is -2.54. The van der Waals surface area contributed by atoms with Gasteiger partial charge >= 0.3 is 0 Å². The summed E-state index contributed by atoms with van der Waals surface area (Å²) in [7, 11) is 0. The second-order valence-electron chi connectivity index (χ2n) is 8.37. The van der Waals surface area contributed by atoms with Crippen LogP contribution in [0.25, 0.3) is 0 Å². The Balaban J connectivity index is 1.52. The third-order valence-electron chi connectivity index (χ3n) is 5.42. The summed E-state index contributed by atoms with van der Waals surface area (Å²) in [6.45, 7) is 8.30. The van der Waals surface area contributed by atoms with Crippen LogP contribution in [0.2, 0.25) is 0 Å². The zero-order valence-corrected chi connectivity index (χ0v) is 16.7. The highest BCUT2D eigenvalue weighted by Gasteiger charge is 2.69. The Morgan fingerprint density at radius 1 is 1.00 bits per heavy atom. The molecule has 1 N–H and O–H groups in total. The molecule has 27 heavy (non-hydrogen) atoms. The number of hydrogen-bond donors (Lipinski definition) is 1. The van der Waals surface area contributed by atoms with E-state index in [1.54, 1.807) is 0 Å². The summed E-state index contributed by atoms with van der Waals surface area (Å²) in [5.41, 5.74) is 1.05. The van der Waals surface area contributed by atoms with E-state index in [1.807, 2.05) is 52.0 Å². The zero-order chi connectivity index (χ0) is 19.0. The van der Waals surface area contributed by atoms with Gasteiger partial charge in [0, 0.05) is 4.90 Å². The minimum atomic E-state index is -1.09. The standard InChI is InChI=1S/C19H25NO6S/c1-17(2)22-10-12(23-17)14-15-16(26-18(3,4)24-15)19(25-14)20(21)9-11-7-5-6-8-13(11)27-19/h5-8,12,14-16,21H,9-10H2,1-4H3. The monoisotopic (exact) mass is 395 g/mol. The van der Waals surface area contributed by atoms with Gasteiger partial charge in [-0.2, -0.15) is 0 Å². The number of nitrogens with zero attached hydrogens (tertiary/aromatic N) is 1. The van der Waals surface area contributed by atoms with E-state index in [0.717, 1.165) is 10.5 Å². The molecule has 5 unspecified atom stereocenters. The third-order valence-corrected chi connectivity index (χ3v) is 6.87. The Bertz CT molecular complexity index is 757. The van der Waals surface area contributed by atoms with E-state index in [2.05, 4.69) is 0 Å². The normalized spacial score (nSPS) is 42.4. The van der Waals surface area contributed by atoms with E-state index in [4.69, 9.17) is 23.7 Å². The molecule has 3 fully saturated rings. The van der Waals surface area contributed by atoms with Crippen LogP contribution in [0.4, 0.5) is 0 Å². The van der Waals surface area contributed by atoms with Crippen molar-refractivity contribution in [2.75, 3.05) is 6.61 Å². The van der Waals surface area contributed by atoms with Crippen molar-refractivity contribution in [3.63, 3.8) is 0 Å². The van der Waals surface area contributed by atoms with Crippen molar-refractivity contribution >= 4 is 11.8 Å². The average Bonchev–Trinajstić information content (AvgIpc) is 3.19. The lowest BCUT2D eigenvalue weighted by molar-refractivity contribution is -0.291. The number of hydrogen-bond acceptors (Lipinski definition) is 8. The summed E-state index contributed by atoms with van der Waals surface area (Å²) in [5.74, 6) is -1.43. The summed E-state index contributed by atoms with van der Waals surface area (Å²) >= 11 is 1.47. The van der Waals surface area contributed by atoms with Gasteiger partial charge in [-0.15, -0.1) is 5.06 Å². The van der Waals surface area contributed by atoms with Gasteiger partial charge in [0.05, 0.1) is 13.2 Å². The first-order chi connectivity index (χ1) is 12.7. The lowest BCUT2D eigenvalue weighted by Gasteiger charge is -2.43. The summed E-state index contributed by atoms with van der Waals surface area (Å²) in [6.07, 6.45) is -1.54. The van der Waals surface area contributed by atoms with Gasteiger partial charge in [-0.3, -0.25) is 0 Å². The molecule has 1 spiro atoms. The fraction of sp³-hybridized carbons (Fsp3) is 0.684. The second-order valence-corrected chi connectivity index (χ2v) is 9.60. The van der Waals surface area contributed by atoms with Crippen molar-refractivity contribution < 1.29 is 28.9 Å². The van der Waals surface area contributed by atoms with Crippen LogP contribution in [0, 0.1) is 0 Å². The summed E-state index contributed by atoms with van der Waals surface area (Å²) in [5, 5.41) is 11.1. The van der Waals surface area contributed by atoms with Gasteiger partial charge in [-0.25, -0.2) is 0 Å². The first-order valence-electron chi connectivity index (χ1n) is 9.28. The number of fused-ring (bicyclic) bond motifs is 3. The SMILES string of the molecule is CC1(C)OCC(C2OC3(Sc4ccccc4CN3O)C3OC(C)(C)OC23)O1. The van der Waals surface area contributed by atoms with Crippen LogP contribution in [0.3, 0.4) is 0 Å². The Morgan fingerprint density at radius 3 is 2.52 bits per heavy atom. The van der Waals surface area contributed by atoms with Crippen molar-refractivity contribution in [3.05, 3.63) is 29.8 Å². The third kappa shape index (κ3) is 2.86. The lowest BCUT2D eigenvalue weighted by atomic mass is 10.1. The van der Waals surface area contributed by atoms with Gasteiger partial charge in [-0.1, -0.05) is 30.0 Å². The van der Waals surface area contributed by atoms with Gasteiger partial charge in [0.25, 0.3) is 0 Å². The molecule has 0 amide bonds. The molecular formula is C19H25NO6S. The van der Waals surface area contributed by atoms with Crippen LogP contribution in [-0.4, -0.2) is 57.9 Å². The van der Waals surface area contributed by atoms with Crippen molar-refractivity contribution in [2.45, 2.75) is 80.2 Å². The van der Waals surface area contributed by atoms with Crippen LogP contribution in [0.1, 0.15) is 33.3 Å². The maximum atomic E-state index is 11.0. The van der Waals surface area contributed by atoms with E-state index in [0.29, 0.717) is 13.2 Å². The highest BCUT2D eigenvalue weighted by Crippen LogP contribution is 2.56. The number of hydroxylamine groups is 2. The van der Waals surface area contributed by atoms with Gasteiger partial charge in [0.1, 0.15) is 24.4 Å². The summed E-state index contributed by atoms with van der Waals surface area (Å²) in [6, 6.07) is 8.01.